The van der Waals surface area contributed by atoms with E-state index in [1.54, 1.807) is 11.0 Å². The molecule has 1 aliphatic rings. The van der Waals surface area contributed by atoms with Crippen LogP contribution >= 0.6 is 23.8 Å². The first-order valence-corrected chi connectivity index (χ1v) is 3.60. The molecule has 4 heteroatoms. The maximum Gasteiger partial charge on any atom is 0.171 e. The van der Waals surface area contributed by atoms with Crippen molar-refractivity contribution in [1.29, 1.82) is 0 Å². The minimum Gasteiger partial charge on any atom is -0.376 e. The van der Waals surface area contributed by atoms with E-state index in [0.717, 1.165) is 0 Å². The van der Waals surface area contributed by atoms with Crippen LogP contribution < -0.4 is 5.73 Å². The Balaban J connectivity index is 2.73. The smallest absolute Gasteiger partial charge is 0.171 e. The SMILES string of the molecule is NC(=S)N1CC=CC=C1Cl. The molecule has 0 unspecified atom stereocenters. The highest BCUT2D eigenvalue weighted by atomic mass is 35.5. The average molecular weight is 175 g/mol. The monoisotopic (exact) mass is 174 g/mol. The molecule has 0 atom stereocenters. The molecule has 54 valence electrons. The zero-order chi connectivity index (χ0) is 7.56. The van der Waals surface area contributed by atoms with Crippen LogP contribution in [0.25, 0.3) is 0 Å². The predicted molar refractivity (Wildman–Crippen MR) is 46.6 cm³/mol. The number of nitrogens with zero attached hydrogens (tertiary/aromatic N) is 1. The molecule has 0 saturated heterocycles. The topological polar surface area (TPSA) is 29.3 Å². The molecule has 0 saturated carbocycles. The van der Waals surface area contributed by atoms with Crippen LogP contribution in [0.5, 0.6) is 0 Å². The zero-order valence-electron chi connectivity index (χ0n) is 5.25. The molecule has 2 nitrogen and oxygen atoms in total. The number of rotatable bonds is 0. The van der Waals surface area contributed by atoms with Crippen LogP contribution in [0.4, 0.5) is 0 Å². The molecule has 1 heterocycles. The average Bonchev–Trinajstić information content (AvgIpc) is 1.88. The second kappa shape index (κ2) is 3.03. The van der Waals surface area contributed by atoms with Gasteiger partial charge in [-0.1, -0.05) is 23.8 Å². The van der Waals surface area contributed by atoms with Gasteiger partial charge in [0, 0.05) is 6.54 Å². The Kier molecular flexibility index (Phi) is 2.29. The van der Waals surface area contributed by atoms with Gasteiger partial charge in [-0.25, -0.2) is 0 Å². The summed E-state index contributed by atoms with van der Waals surface area (Å²) < 4.78 is 0. The molecule has 0 fully saturated rings. The minimum absolute atomic E-state index is 0.311. The summed E-state index contributed by atoms with van der Waals surface area (Å²) in [5.41, 5.74) is 5.36. The first-order chi connectivity index (χ1) is 4.72. The fourth-order valence-electron chi connectivity index (χ4n) is 0.686. The number of hydrogen-bond acceptors (Lipinski definition) is 1. The summed E-state index contributed by atoms with van der Waals surface area (Å²) >= 11 is 10.5. The molecule has 1 rings (SSSR count). The summed E-state index contributed by atoms with van der Waals surface area (Å²) in [6, 6.07) is 0. The Morgan fingerprint density at radius 2 is 2.50 bits per heavy atom. The Morgan fingerprint density at radius 1 is 1.80 bits per heavy atom. The Labute approximate surface area is 69.9 Å². The van der Waals surface area contributed by atoms with Crippen LogP contribution in [0.2, 0.25) is 0 Å². The number of hydrogen-bond donors (Lipinski definition) is 1. The van der Waals surface area contributed by atoms with E-state index in [4.69, 9.17) is 29.6 Å². The van der Waals surface area contributed by atoms with Gasteiger partial charge in [0.05, 0.1) is 0 Å². The molecular formula is C6H7ClN2S. The van der Waals surface area contributed by atoms with E-state index >= 15 is 0 Å². The summed E-state index contributed by atoms with van der Waals surface area (Å²) in [5.74, 6) is 0. The van der Waals surface area contributed by atoms with Crippen molar-refractivity contribution < 1.29 is 0 Å². The van der Waals surface area contributed by atoms with Gasteiger partial charge in [-0.15, -0.1) is 0 Å². The van der Waals surface area contributed by atoms with E-state index in [9.17, 15) is 0 Å². The third kappa shape index (κ3) is 1.49. The first kappa shape index (κ1) is 7.57. The Hall–Kier alpha value is -0.540. The first-order valence-electron chi connectivity index (χ1n) is 2.81. The molecule has 0 radical (unpaired) electrons. The van der Waals surface area contributed by atoms with Crippen LogP contribution in [0.15, 0.2) is 23.4 Å². The van der Waals surface area contributed by atoms with Crippen molar-refractivity contribution in [2.45, 2.75) is 0 Å². The van der Waals surface area contributed by atoms with Gasteiger partial charge in [-0.3, -0.25) is 0 Å². The van der Waals surface area contributed by atoms with Crippen molar-refractivity contribution in [3.63, 3.8) is 0 Å². The van der Waals surface area contributed by atoms with Gasteiger partial charge in [0.15, 0.2) is 5.11 Å². The van der Waals surface area contributed by atoms with Crippen molar-refractivity contribution in [3.8, 4) is 0 Å². The lowest BCUT2D eigenvalue weighted by atomic mass is 10.4. The van der Waals surface area contributed by atoms with Crippen molar-refractivity contribution in [2.24, 2.45) is 5.73 Å². The molecule has 1 aliphatic heterocycles. The van der Waals surface area contributed by atoms with Crippen LogP contribution in [-0.2, 0) is 0 Å². The van der Waals surface area contributed by atoms with E-state index in [0.29, 0.717) is 16.8 Å². The fourth-order valence-corrected chi connectivity index (χ4v) is 1.14. The number of thiocarbonyl (C=S) groups is 1. The van der Waals surface area contributed by atoms with Gasteiger partial charge < -0.3 is 10.6 Å². The van der Waals surface area contributed by atoms with Crippen LogP contribution in [-0.4, -0.2) is 16.6 Å². The summed E-state index contributed by atoms with van der Waals surface area (Å²) in [5, 5.41) is 0.889. The largest absolute Gasteiger partial charge is 0.376 e. The highest BCUT2D eigenvalue weighted by molar-refractivity contribution is 7.80. The lowest BCUT2D eigenvalue weighted by molar-refractivity contribution is 0.603. The van der Waals surface area contributed by atoms with Crippen LogP contribution in [0.1, 0.15) is 0 Å². The van der Waals surface area contributed by atoms with Crippen molar-refractivity contribution in [1.82, 2.24) is 4.90 Å². The quantitative estimate of drug-likeness (QED) is 0.442. The van der Waals surface area contributed by atoms with E-state index in [1.807, 2.05) is 12.2 Å². The molecule has 0 aromatic carbocycles. The van der Waals surface area contributed by atoms with E-state index in [2.05, 4.69) is 0 Å². The van der Waals surface area contributed by atoms with Crippen molar-refractivity contribution in [2.75, 3.05) is 6.54 Å². The molecule has 0 aliphatic carbocycles. The molecule has 0 aromatic heterocycles. The van der Waals surface area contributed by atoms with Gasteiger partial charge in [-0.05, 0) is 18.3 Å². The molecule has 0 spiro atoms. The van der Waals surface area contributed by atoms with E-state index in [-0.39, 0.29) is 0 Å². The standard InChI is InChI=1S/C6H7ClN2S/c7-5-3-1-2-4-9(5)6(8)10/h1-3H,4H2,(H2,8,10). The normalized spacial score (nSPS) is 16.9. The molecule has 2 N–H and O–H groups in total. The second-order valence-electron chi connectivity index (χ2n) is 1.87. The fraction of sp³-hybridized carbons (Fsp3) is 0.167. The maximum absolute atomic E-state index is 5.75. The summed E-state index contributed by atoms with van der Waals surface area (Å²) in [7, 11) is 0. The minimum atomic E-state index is 0.311. The van der Waals surface area contributed by atoms with Crippen molar-refractivity contribution in [3.05, 3.63) is 23.4 Å². The van der Waals surface area contributed by atoms with Gasteiger partial charge >= 0.3 is 0 Å². The van der Waals surface area contributed by atoms with E-state index < -0.39 is 0 Å². The summed E-state index contributed by atoms with van der Waals surface area (Å²) in [4.78, 5) is 1.65. The zero-order valence-corrected chi connectivity index (χ0v) is 6.82. The summed E-state index contributed by atoms with van der Waals surface area (Å²) in [6.45, 7) is 0.671. The second-order valence-corrected chi connectivity index (χ2v) is 2.67. The van der Waals surface area contributed by atoms with E-state index in [1.165, 1.54) is 0 Å². The highest BCUT2D eigenvalue weighted by Crippen LogP contribution is 2.12. The van der Waals surface area contributed by atoms with Crippen molar-refractivity contribution >= 4 is 28.9 Å². The molecular weight excluding hydrogens is 168 g/mol. The molecule has 0 aromatic rings. The van der Waals surface area contributed by atoms with Crippen LogP contribution in [0, 0.1) is 0 Å². The van der Waals surface area contributed by atoms with Gasteiger partial charge in [-0.2, -0.15) is 0 Å². The Morgan fingerprint density at radius 3 is 2.90 bits per heavy atom. The number of nitrogens with two attached hydrogens (primary N) is 1. The Bertz CT molecular complexity index is 210. The van der Waals surface area contributed by atoms with Gasteiger partial charge in [0.2, 0.25) is 0 Å². The lowest BCUT2D eigenvalue weighted by Crippen LogP contribution is -2.34. The molecule has 0 amide bonds. The number of allylic oxidation sites excluding steroid dienone is 2. The summed E-state index contributed by atoms with van der Waals surface area (Å²) in [6.07, 6.45) is 5.56. The molecule has 10 heavy (non-hydrogen) atoms. The third-order valence-corrected chi connectivity index (χ3v) is 1.73. The molecule has 0 bridgehead atoms. The maximum atomic E-state index is 5.75. The number of halogens is 1. The third-order valence-electron chi connectivity index (χ3n) is 1.18. The predicted octanol–water partition coefficient (Wildman–Crippen LogP) is 1.18. The van der Waals surface area contributed by atoms with Crippen LogP contribution in [0.3, 0.4) is 0 Å². The van der Waals surface area contributed by atoms with Gasteiger partial charge in [0.1, 0.15) is 5.16 Å². The lowest BCUT2D eigenvalue weighted by Gasteiger charge is -2.21. The van der Waals surface area contributed by atoms with Gasteiger partial charge in [0.25, 0.3) is 0 Å². The highest BCUT2D eigenvalue weighted by Gasteiger charge is 2.09.